The summed E-state index contributed by atoms with van der Waals surface area (Å²) < 4.78 is 11.0. The molecule has 2 heterocycles. The molecule has 0 N–H and O–H groups in total. The maximum Gasteiger partial charge on any atom is 0.263 e. The van der Waals surface area contributed by atoms with Gasteiger partial charge in [-0.1, -0.05) is 36.4 Å². The monoisotopic (exact) mass is 261 g/mol. The minimum Gasteiger partial charge on any atom is -0.459 e. The van der Waals surface area contributed by atoms with Gasteiger partial charge in [0.15, 0.2) is 11.5 Å². The van der Waals surface area contributed by atoms with Crippen LogP contribution in [0, 0.1) is 0 Å². The fraction of sp³-hybridized carbons (Fsp3) is 0. The van der Waals surface area contributed by atoms with E-state index in [9.17, 15) is 0 Å². The maximum atomic E-state index is 5.76. The largest absolute Gasteiger partial charge is 0.459 e. The van der Waals surface area contributed by atoms with Crippen molar-refractivity contribution in [1.29, 1.82) is 0 Å². The van der Waals surface area contributed by atoms with Crippen molar-refractivity contribution in [2.24, 2.45) is 0 Å². The molecule has 96 valence electrons. The Morgan fingerprint density at radius 3 is 2.55 bits per heavy atom. The molecule has 0 atom stereocenters. The second kappa shape index (κ2) is 4.38. The zero-order valence-corrected chi connectivity index (χ0v) is 10.6. The summed E-state index contributed by atoms with van der Waals surface area (Å²) >= 11 is 0. The molecule has 0 unspecified atom stereocenters. The molecule has 0 saturated heterocycles. The van der Waals surface area contributed by atoms with E-state index in [4.69, 9.17) is 8.83 Å². The first kappa shape index (κ1) is 11.1. The molecule has 2 aromatic carbocycles. The van der Waals surface area contributed by atoms with Gasteiger partial charge in [0.25, 0.3) is 5.89 Å². The molecule has 0 spiro atoms. The van der Waals surface area contributed by atoms with Crippen LogP contribution >= 0.6 is 0 Å². The summed E-state index contributed by atoms with van der Waals surface area (Å²) in [5, 5.41) is 2.39. The summed E-state index contributed by atoms with van der Waals surface area (Å²) in [7, 11) is 0. The van der Waals surface area contributed by atoms with Crippen LogP contribution in [0.1, 0.15) is 0 Å². The quantitative estimate of drug-likeness (QED) is 0.522. The van der Waals surface area contributed by atoms with Gasteiger partial charge < -0.3 is 8.83 Å². The molecule has 0 aliphatic rings. The zero-order chi connectivity index (χ0) is 13.4. The van der Waals surface area contributed by atoms with Crippen molar-refractivity contribution in [2.75, 3.05) is 0 Å². The van der Waals surface area contributed by atoms with Gasteiger partial charge in [-0.15, -0.1) is 0 Å². The molecule has 3 heteroatoms. The first-order valence-corrected chi connectivity index (χ1v) is 6.39. The average Bonchev–Trinajstić information content (AvgIpc) is 3.17. The van der Waals surface area contributed by atoms with E-state index < -0.39 is 0 Å². The Morgan fingerprint density at radius 1 is 0.800 bits per heavy atom. The van der Waals surface area contributed by atoms with Crippen LogP contribution in [-0.2, 0) is 0 Å². The summed E-state index contributed by atoms with van der Waals surface area (Å²) in [5.41, 5.74) is 1.01. The number of fused-ring (bicyclic) bond motifs is 1. The van der Waals surface area contributed by atoms with Gasteiger partial charge in [0, 0.05) is 5.56 Å². The Hall–Kier alpha value is -2.81. The molecule has 3 nitrogen and oxygen atoms in total. The summed E-state index contributed by atoms with van der Waals surface area (Å²) in [5.74, 6) is 1.87. The molecule has 0 saturated carbocycles. The highest BCUT2D eigenvalue weighted by Crippen LogP contribution is 2.28. The molecule has 2 aromatic heterocycles. The van der Waals surface area contributed by atoms with Crippen molar-refractivity contribution in [3.8, 4) is 23.0 Å². The number of furan rings is 1. The third kappa shape index (κ3) is 1.80. The molecular formula is C17H11NO2. The van der Waals surface area contributed by atoms with Gasteiger partial charge in [-0.25, -0.2) is 4.98 Å². The van der Waals surface area contributed by atoms with Gasteiger partial charge in [0.2, 0.25) is 0 Å². The van der Waals surface area contributed by atoms with Gasteiger partial charge in [0.05, 0.1) is 12.5 Å². The Labute approximate surface area is 115 Å². The minimum atomic E-state index is 0.498. The van der Waals surface area contributed by atoms with Crippen LogP contribution in [0.5, 0.6) is 0 Å². The molecule has 4 aromatic rings. The van der Waals surface area contributed by atoms with Crippen LogP contribution in [-0.4, -0.2) is 4.98 Å². The fourth-order valence-corrected chi connectivity index (χ4v) is 2.26. The van der Waals surface area contributed by atoms with Crippen molar-refractivity contribution in [3.63, 3.8) is 0 Å². The summed E-state index contributed by atoms with van der Waals surface area (Å²) in [6.45, 7) is 0. The minimum absolute atomic E-state index is 0.498. The number of hydrogen-bond acceptors (Lipinski definition) is 3. The molecule has 0 amide bonds. The van der Waals surface area contributed by atoms with Crippen molar-refractivity contribution in [1.82, 2.24) is 4.98 Å². The summed E-state index contributed by atoms with van der Waals surface area (Å²) in [6.07, 6.45) is 3.33. The smallest absolute Gasteiger partial charge is 0.263 e. The van der Waals surface area contributed by atoms with Crippen LogP contribution < -0.4 is 0 Å². The maximum absolute atomic E-state index is 5.76. The number of rotatable bonds is 2. The Bertz CT molecular complexity index is 859. The summed E-state index contributed by atoms with van der Waals surface area (Å²) in [6, 6.07) is 18.1. The fourth-order valence-electron chi connectivity index (χ4n) is 2.26. The van der Waals surface area contributed by atoms with E-state index in [1.54, 1.807) is 12.5 Å². The third-order valence-electron chi connectivity index (χ3n) is 3.27. The van der Waals surface area contributed by atoms with Gasteiger partial charge >= 0.3 is 0 Å². The van der Waals surface area contributed by atoms with Crippen molar-refractivity contribution in [3.05, 3.63) is 67.1 Å². The van der Waals surface area contributed by atoms with E-state index in [0.29, 0.717) is 11.7 Å². The lowest BCUT2D eigenvalue weighted by Crippen LogP contribution is -1.76. The van der Waals surface area contributed by atoms with Crippen LogP contribution in [0.2, 0.25) is 0 Å². The molecule has 0 bridgehead atoms. The highest BCUT2D eigenvalue weighted by atomic mass is 16.4. The number of aromatic nitrogens is 1. The lowest BCUT2D eigenvalue weighted by atomic mass is 10.1. The van der Waals surface area contributed by atoms with Crippen LogP contribution in [0.15, 0.2) is 75.9 Å². The zero-order valence-electron chi connectivity index (χ0n) is 10.6. The van der Waals surface area contributed by atoms with Crippen molar-refractivity contribution >= 4 is 10.8 Å². The van der Waals surface area contributed by atoms with Crippen molar-refractivity contribution < 1.29 is 8.83 Å². The van der Waals surface area contributed by atoms with E-state index in [0.717, 1.165) is 11.3 Å². The summed E-state index contributed by atoms with van der Waals surface area (Å²) in [4.78, 5) is 4.25. The van der Waals surface area contributed by atoms with Gasteiger partial charge in [-0.05, 0) is 29.0 Å². The number of oxazole rings is 1. The Balaban J connectivity index is 1.79. The van der Waals surface area contributed by atoms with E-state index in [1.807, 2.05) is 30.3 Å². The van der Waals surface area contributed by atoms with Crippen molar-refractivity contribution in [2.45, 2.75) is 0 Å². The van der Waals surface area contributed by atoms with Gasteiger partial charge in [0.1, 0.15) is 0 Å². The van der Waals surface area contributed by atoms with Crippen LogP contribution in [0.4, 0.5) is 0 Å². The first-order valence-electron chi connectivity index (χ1n) is 6.39. The second-order valence-electron chi connectivity index (χ2n) is 4.57. The van der Waals surface area contributed by atoms with E-state index in [2.05, 4.69) is 29.2 Å². The van der Waals surface area contributed by atoms with E-state index in [-0.39, 0.29) is 0 Å². The lowest BCUT2D eigenvalue weighted by Gasteiger charge is -2.00. The highest BCUT2D eigenvalue weighted by Gasteiger charge is 2.10. The van der Waals surface area contributed by atoms with E-state index >= 15 is 0 Å². The highest BCUT2D eigenvalue weighted by molar-refractivity contribution is 5.86. The standard InChI is InChI=1S/C17H11NO2/c1-2-5-13-10-14(8-7-12(13)4-1)16-11-18-17(20-16)15-6-3-9-19-15/h1-11H. The van der Waals surface area contributed by atoms with Gasteiger partial charge in [-0.2, -0.15) is 0 Å². The normalized spacial score (nSPS) is 11.0. The Morgan fingerprint density at radius 2 is 1.70 bits per heavy atom. The Kier molecular flexibility index (Phi) is 2.42. The predicted octanol–water partition coefficient (Wildman–Crippen LogP) is 4.75. The molecule has 4 rings (SSSR count). The molecule has 0 aliphatic carbocycles. The lowest BCUT2D eigenvalue weighted by molar-refractivity contribution is 0.524. The topological polar surface area (TPSA) is 39.2 Å². The second-order valence-corrected chi connectivity index (χ2v) is 4.57. The van der Waals surface area contributed by atoms with E-state index in [1.165, 1.54) is 10.8 Å². The number of benzene rings is 2. The molecule has 20 heavy (non-hydrogen) atoms. The molecule has 0 radical (unpaired) electrons. The predicted molar refractivity (Wildman–Crippen MR) is 77.1 cm³/mol. The molecular weight excluding hydrogens is 250 g/mol. The number of hydrogen-bond donors (Lipinski definition) is 0. The SMILES string of the molecule is c1coc(-c2ncc(-c3ccc4ccccc4c3)o2)c1. The third-order valence-corrected chi connectivity index (χ3v) is 3.27. The van der Waals surface area contributed by atoms with Crippen LogP contribution in [0.3, 0.4) is 0 Å². The molecule has 0 fully saturated rings. The average molecular weight is 261 g/mol. The number of nitrogens with zero attached hydrogens (tertiary/aromatic N) is 1. The molecule has 0 aliphatic heterocycles. The first-order chi connectivity index (χ1) is 9.90. The van der Waals surface area contributed by atoms with Gasteiger partial charge in [-0.3, -0.25) is 0 Å². The van der Waals surface area contributed by atoms with Crippen LogP contribution in [0.25, 0.3) is 33.7 Å².